The molecular weight excluding hydrogens is 226 g/mol. The Kier molecular flexibility index (Phi) is 8.23. The van der Waals surface area contributed by atoms with E-state index in [9.17, 15) is 4.79 Å². The summed E-state index contributed by atoms with van der Waals surface area (Å²) in [6.07, 6.45) is 14.7. The molecule has 0 aromatic carbocycles. The molecule has 1 fully saturated rings. The van der Waals surface area contributed by atoms with Gasteiger partial charge in [0.25, 0.3) is 0 Å². The van der Waals surface area contributed by atoms with Crippen molar-refractivity contribution in [2.24, 2.45) is 0 Å². The van der Waals surface area contributed by atoms with Crippen LogP contribution in [-0.2, 0) is 9.53 Å². The maximum absolute atomic E-state index is 11.3. The minimum Gasteiger partial charge on any atom is -0.378 e. The van der Waals surface area contributed by atoms with E-state index in [1.54, 1.807) is 12.2 Å². The van der Waals surface area contributed by atoms with Crippen molar-refractivity contribution < 1.29 is 9.53 Å². The molecule has 0 aromatic rings. The third-order valence-electron chi connectivity index (χ3n) is 3.08. The molecular formula is C15H25NO2. The molecule has 3 heteroatoms. The molecule has 1 rings (SSSR count). The van der Waals surface area contributed by atoms with Crippen LogP contribution in [0.2, 0.25) is 0 Å². The van der Waals surface area contributed by atoms with Crippen molar-refractivity contribution in [3.8, 4) is 0 Å². The van der Waals surface area contributed by atoms with Crippen molar-refractivity contribution in [2.75, 3.05) is 13.2 Å². The van der Waals surface area contributed by atoms with Crippen molar-refractivity contribution in [1.29, 1.82) is 0 Å². The molecule has 1 aliphatic carbocycles. The van der Waals surface area contributed by atoms with Crippen LogP contribution in [0.4, 0.5) is 0 Å². The fourth-order valence-electron chi connectivity index (χ4n) is 2.08. The minimum atomic E-state index is -0.0363. The molecule has 1 N–H and O–H groups in total. The van der Waals surface area contributed by atoms with Crippen LogP contribution in [0.1, 0.15) is 45.4 Å². The van der Waals surface area contributed by atoms with Gasteiger partial charge in [0.05, 0.1) is 6.10 Å². The molecule has 0 radical (unpaired) electrons. The van der Waals surface area contributed by atoms with Crippen LogP contribution in [0.25, 0.3) is 0 Å². The van der Waals surface area contributed by atoms with E-state index in [1.165, 1.54) is 32.1 Å². The van der Waals surface area contributed by atoms with Crippen LogP contribution < -0.4 is 5.32 Å². The molecule has 0 unspecified atom stereocenters. The van der Waals surface area contributed by atoms with Crippen molar-refractivity contribution in [1.82, 2.24) is 5.32 Å². The van der Waals surface area contributed by atoms with Gasteiger partial charge in [-0.05, 0) is 26.2 Å². The molecule has 0 aromatic heterocycles. The van der Waals surface area contributed by atoms with E-state index in [1.807, 2.05) is 19.1 Å². The Morgan fingerprint density at radius 2 is 2.06 bits per heavy atom. The predicted octanol–water partition coefficient (Wildman–Crippen LogP) is 2.97. The molecule has 0 bridgehead atoms. The van der Waals surface area contributed by atoms with Crippen LogP contribution >= 0.6 is 0 Å². The molecule has 0 saturated heterocycles. The Labute approximate surface area is 110 Å². The number of carbonyl (C=O) groups excluding carboxylic acids is 1. The van der Waals surface area contributed by atoms with Crippen molar-refractivity contribution in [3.63, 3.8) is 0 Å². The van der Waals surface area contributed by atoms with Gasteiger partial charge in [-0.1, -0.05) is 37.5 Å². The summed E-state index contributed by atoms with van der Waals surface area (Å²) in [5.41, 5.74) is 0. The normalized spacial score (nSPS) is 17.6. The SMILES string of the molecule is C/C=C/C=C/C(=O)NCCCOC1CCCCC1. The summed E-state index contributed by atoms with van der Waals surface area (Å²) in [5.74, 6) is -0.0363. The lowest BCUT2D eigenvalue weighted by Gasteiger charge is -2.21. The van der Waals surface area contributed by atoms with E-state index < -0.39 is 0 Å². The number of nitrogens with one attached hydrogen (secondary N) is 1. The molecule has 1 saturated carbocycles. The highest BCUT2D eigenvalue weighted by Crippen LogP contribution is 2.20. The first-order valence-electron chi connectivity index (χ1n) is 7.01. The first-order chi connectivity index (χ1) is 8.83. The second-order valence-corrected chi connectivity index (χ2v) is 4.66. The molecule has 3 nitrogen and oxygen atoms in total. The molecule has 1 amide bonds. The smallest absolute Gasteiger partial charge is 0.243 e. The lowest BCUT2D eigenvalue weighted by molar-refractivity contribution is -0.116. The van der Waals surface area contributed by atoms with E-state index in [-0.39, 0.29) is 5.91 Å². The highest BCUT2D eigenvalue weighted by molar-refractivity contribution is 5.87. The number of hydrogen-bond acceptors (Lipinski definition) is 2. The van der Waals surface area contributed by atoms with Crippen LogP contribution in [-0.4, -0.2) is 25.2 Å². The van der Waals surface area contributed by atoms with Gasteiger partial charge in [-0.15, -0.1) is 0 Å². The largest absolute Gasteiger partial charge is 0.378 e. The van der Waals surface area contributed by atoms with Gasteiger partial charge < -0.3 is 10.1 Å². The maximum atomic E-state index is 11.3. The van der Waals surface area contributed by atoms with Crippen molar-refractivity contribution in [3.05, 3.63) is 24.3 Å². The number of amides is 1. The summed E-state index contributed by atoms with van der Waals surface area (Å²) in [6.45, 7) is 3.36. The van der Waals surface area contributed by atoms with Crippen LogP contribution in [0.5, 0.6) is 0 Å². The van der Waals surface area contributed by atoms with Gasteiger partial charge in [0.2, 0.25) is 5.91 Å². The highest BCUT2D eigenvalue weighted by atomic mass is 16.5. The molecule has 0 aliphatic heterocycles. The topological polar surface area (TPSA) is 38.3 Å². The van der Waals surface area contributed by atoms with Gasteiger partial charge in [0.15, 0.2) is 0 Å². The average Bonchev–Trinajstić information content (AvgIpc) is 2.40. The van der Waals surface area contributed by atoms with Gasteiger partial charge in [-0.3, -0.25) is 4.79 Å². The average molecular weight is 251 g/mol. The Hall–Kier alpha value is -1.09. The van der Waals surface area contributed by atoms with Gasteiger partial charge in [-0.2, -0.15) is 0 Å². The Balaban J connectivity index is 1.96. The molecule has 0 atom stereocenters. The summed E-state index contributed by atoms with van der Waals surface area (Å²) in [5, 5.41) is 2.84. The summed E-state index contributed by atoms with van der Waals surface area (Å²) in [6, 6.07) is 0. The number of carbonyl (C=O) groups is 1. The quantitative estimate of drug-likeness (QED) is 0.429. The lowest BCUT2D eigenvalue weighted by Crippen LogP contribution is -2.24. The Morgan fingerprint density at radius 1 is 1.28 bits per heavy atom. The maximum Gasteiger partial charge on any atom is 0.243 e. The number of hydrogen-bond donors (Lipinski definition) is 1. The summed E-state index contributed by atoms with van der Waals surface area (Å²) in [4.78, 5) is 11.3. The number of ether oxygens (including phenoxy) is 1. The van der Waals surface area contributed by atoms with Crippen LogP contribution in [0.3, 0.4) is 0 Å². The zero-order valence-corrected chi connectivity index (χ0v) is 11.4. The highest BCUT2D eigenvalue weighted by Gasteiger charge is 2.12. The van der Waals surface area contributed by atoms with E-state index in [4.69, 9.17) is 4.74 Å². The monoisotopic (exact) mass is 251 g/mol. The number of rotatable bonds is 7. The lowest BCUT2D eigenvalue weighted by atomic mass is 9.98. The van der Waals surface area contributed by atoms with E-state index in [2.05, 4.69) is 5.32 Å². The standard InChI is InChI=1S/C15H25NO2/c1-2-3-5-11-15(17)16-12-8-13-18-14-9-6-4-7-10-14/h2-3,5,11,14H,4,6-10,12-13H2,1H3,(H,16,17)/b3-2+,11-5+. The second-order valence-electron chi connectivity index (χ2n) is 4.66. The first-order valence-corrected chi connectivity index (χ1v) is 7.01. The van der Waals surface area contributed by atoms with Crippen molar-refractivity contribution in [2.45, 2.75) is 51.6 Å². The van der Waals surface area contributed by atoms with Crippen molar-refractivity contribution >= 4 is 5.91 Å². The summed E-state index contributed by atoms with van der Waals surface area (Å²) >= 11 is 0. The fourth-order valence-corrected chi connectivity index (χ4v) is 2.08. The van der Waals surface area contributed by atoms with E-state index in [0.717, 1.165) is 13.0 Å². The molecule has 0 spiro atoms. The van der Waals surface area contributed by atoms with Gasteiger partial charge in [0, 0.05) is 19.2 Å². The molecule has 0 heterocycles. The van der Waals surface area contributed by atoms with E-state index >= 15 is 0 Å². The Morgan fingerprint density at radius 3 is 2.78 bits per heavy atom. The third kappa shape index (κ3) is 7.28. The van der Waals surface area contributed by atoms with E-state index in [0.29, 0.717) is 12.6 Å². The minimum absolute atomic E-state index is 0.0363. The number of allylic oxidation sites excluding steroid dienone is 3. The molecule has 18 heavy (non-hydrogen) atoms. The molecule has 102 valence electrons. The molecule has 1 aliphatic rings. The first kappa shape index (κ1) is 15.0. The Bertz CT molecular complexity index is 278. The summed E-state index contributed by atoms with van der Waals surface area (Å²) < 4.78 is 5.78. The van der Waals surface area contributed by atoms with Gasteiger partial charge >= 0.3 is 0 Å². The van der Waals surface area contributed by atoms with Crippen LogP contribution in [0.15, 0.2) is 24.3 Å². The third-order valence-corrected chi connectivity index (χ3v) is 3.08. The van der Waals surface area contributed by atoms with Gasteiger partial charge in [-0.25, -0.2) is 0 Å². The summed E-state index contributed by atoms with van der Waals surface area (Å²) in [7, 11) is 0. The predicted molar refractivity (Wildman–Crippen MR) is 74.4 cm³/mol. The fraction of sp³-hybridized carbons (Fsp3) is 0.667. The van der Waals surface area contributed by atoms with Crippen LogP contribution in [0, 0.1) is 0 Å². The van der Waals surface area contributed by atoms with Gasteiger partial charge in [0.1, 0.15) is 0 Å². The zero-order valence-electron chi connectivity index (χ0n) is 11.4. The second kappa shape index (κ2) is 9.89. The zero-order chi connectivity index (χ0) is 13.1.